The maximum Gasteiger partial charge on any atom is 0.308 e. The SMILES string of the molecule is COc1ccc(-c2ncc(C(=O)N3CCC(C(=O)O)C3C)s2)cc1. The highest BCUT2D eigenvalue weighted by atomic mass is 32.1. The van der Waals surface area contributed by atoms with Crippen molar-refractivity contribution in [2.45, 2.75) is 19.4 Å². The predicted molar refractivity (Wildman–Crippen MR) is 90.3 cm³/mol. The van der Waals surface area contributed by atoms with Gasteiger partial charge in [0.05, 0.1) is 19.2 Å². The first-order valence-corrected chi connectivity index (χ1v) is 8.47. The highest BCUT2D eigenvalue weighted by Gasteiger charge is 2.38. The van der Waals surface area contributed by atoms with Gasteiger partial charge in [0, 0.05) is 18.2 Å². The minimum absolute atomic E-state index is 0.150. The molecular formula is C17H18N2O4S. The normalized spacial score (nSPS) is 20.2. The zero-order valence-corrected chi connectivity index (χ0v) is 14.2. The highest BCUT2D eigenvalue weighted by molar-refractivity contribution is 7.16. The average Bonchev–Trinajstić information content (AvgIpc) is 3.21. The largest absolute Gasteiger partial charge is 0.497 e. The molecule has 2 aromatic rings. The zero-order chi connectivity index (χ0) is 17.3. The van der Waals surface area contributed by atoms with Gasteiger partial charge >= 0.3 is 5.97 Å². The van der Waals surface area contributed by atoms with E-state index >= 15 is 0 Å². The fourth-order valence-electron chi connectivity index (χ4n) is 2.94. The third kappa shape index (κ3) is 2.99. The molecule has 6 nitrogen and oxygen atoms in total. The van der Waals surface area contributed by atoms with E-state index in [4.69, 9.17) is 4.74 Å². The second-order valence-electron chi connectivity index (χ2n) is 5.73. The smallest absolute Gasteiger partial charge is 0.308 e. The zero-order valence-electron chi connectivity index (χ0n) is 13.4. The number of ether oxygens (including phenoxy) is 1. The van der Waals surface area contributed by atoms with Crippen molar-refractivity contribution in [3.05, 3.63) is 35.3 Å². The lowest BCUT2D eigenvalue weighted by molar-refractivity contribution is -0.142. The van der Waals surface area contributed by atoms with E-state index in [1.165, 1.54) is 11.3 Å². The van der Waals surface area contributed by atoms with Crippen molar-refractivity contribution in [1.29, 1.82) is 0 Å². The summed E-state index contributed by atoms with van der Waals surface area (Å²) in [5, 5.41) is 9.94. The molecule has 2 atom stereocenters. The summed E-state index contributed by atoms with van der Waals surface area (Å²) in [6, 6.07) is 7.17. The van der Waals surface area contributed by atoms with E-state index in [1.807, 2.05) is 24.3 Å². The summed E-state index contributed by atoms with van der Waals surface area (Å²) >= 11 is 1.32. The molecule has 1 amide bonds. The Morgan fingerprint density at radius 1 is 1.33 bits per heavy atom. The third-order valence-electron chi connectivity index (χ3n) is 4.39. The quantitative estimate of drug-likeness (QED) is 0.921. The molecule has 0 bridgehead atoms. The molecule has 1 aliphatic heterocycles. The van der Waals surface area contributed by atoms with Crippen LogP contribution in [0.2, 0.25) is 0 Å². The lowest BCUT2D eigenvalue weighted by atomic mass is 10.0. The number of likely N-dealkylation sites (tertiary alicyclic amines) is 1. The minimum atomic E-state index is -0.846. The summed E-state index contributed by atoms with van der Waals surface area (Å²) < 4.78 is 5.13. The fourth-order valence-corrected chi connectivity index (χ4v) is 3.82. The van der Waals surface area contributed by atoms with Crippen LogP contribution in [-0.2, 0) is 4.79 Å². The number of carbonyl (C=O) groups is 2. The van der Waals surface area contributed by atoms with E-state index in [2.05, 4.69) is 4.98 Å². The Morgan fingerprint density at radius 3 is 2.62 bits per heavy atom. The third-order valence-corrected chi connectivity index (χ3v) is 5.42. The van der Waals surface area contributed by atoms with E-state index in [1.54, 1.807) is 25.1 Å². The Kier molecular flexibility index (Phi) is 4.53. The number of hydrogen-bond acceptors (Lipinski definition) is 5. The second kappa shape index (κ2) is 6.60. The Hall–Kier alpha value is -2.41. The lowest BCUT2D eigenvalue weighted by Gasteiger charge is -2.22. The van der Waals surface area contributed by atoms with E-state index in [0.717, 1.165) is 16.3 Å². The van der Waals surface area contributed by atoms with Crippen molar-refractivity contribution < 1.29 is 19.4 Å². The standard InChI is InChI=1S/C17H18N2O4S/c1-10-13(17(21)22)7-8-19(10)16(20)14-9-18-15(24-14)11-3-5-12(23-2)6-4-11/h3-6,9-10,13H,7-8H2,1-2H3,(H,21,22). The van der Waals surface area contributed by atoms with Crippen molar-refractivity contribution in [2.24, 2.45) is 5.92 Å². The summed E-state index contributed by atoms with van der Waals surface area (Å²) in [4.78, 5) is 30.3. The van der Waals surface area contributed by atoms with Gasteiger partial charge in [-0.3, -0.25) is 9.59 Å². The molecular weight excluding hydrogens is 328 g/mol. The number of carboxylic acid groups (broad SMARTS) is 1. The van der Waals surface area contributed by atoms with Gasteiger partial charge in [-0.2, -0.15) is 0 Å². The van der Waals surface area contributed by atoms with Crippen LogP contribution in [0.5, 0.6) is 5.75 Å². The summed E-state index contributed by atoms with van der Waals surface area (Å²) in [7, 11) is 1.61. The monoisotopic (exact) mass is 346 g/mol. The number of aromatic nitrogens is 1. The molecule has 0 saturated carbocycles. The van der Waals surface area contributed by atoms with Crippen LogP contribution in [0.4, 0.5) is 0 Å². The molecule has 0 aliphatic carbocycles. The summed E-state index contributed by atoms with van der Waals surface area (Å²) in [6.07, 6.45) is 2.06. The molecule has 2 heterocycles. The maximum absolute atomic E-state index is 12.7. The number of aliphatic carboxylic acids is 1. The van der Waals surface area contributed by atoms with Crippen molar-refractivity contribution in [3.8, 4) is 16.3 Å². The number of carbonyl (C=O) groups excluding carboxylic acids is 1. The van der Waals surface area contributed by atoms with Crippen molar-refractivity contribution in [3.63, 3.8) is 0 Å². The Labute approximate surface area is 143 Å². The van der Waals surface area contributed by atoms with E-state index in [9.17, 15) is 14.7 Å². The van der Waals surface area contributed by atoms with Crippen molar-refractivity contribution >= 4 is 23.2 Å². The van der Waals surface area contributed by atoms with Crippen LogP contribution in [-0.4, -0.2) is 46.6 Å². The molecule has 3 rings (SSSR count). The van der Waals surface area contributed by atoms with Gasteiger partial charge < -0.3 is 14.7 Å². The fraction of sp³-hybridized carbons (Fsp3) is 0.353. The number of rotatable bonds is 4. The highest BCUT2D eigenvalue weighted by Crippen LogP contribution is 2.30. The molecule has 24 heavy (non-hydrogen) atoms. The first-order chi connectivity index (χ1) is 11.5. The van der Waals surface area contributed by atoms with E-state index in [-0.39, 0.29) is 11.9 Å². The van der Waals surface area contributed by atoms with Crippen LogP contribution in [0, 0.1) is 5.92 Å². The summed E-state index contributed by atoms with van der Waals surface area (Å²) in [6.45, 7) is 2.25. The van der Waals surface area contributed by atoms with E-state index in [0.29, 0.717) is 17.8 Å². The van der Waals surface area contributed by atoms with Crippen molar-refractivity contribution in [2.75, 3.05) is 13.7 Å². The molecule has 0 radical (unpaired) electrons. The van der Waals surface area contributed by atoms with Gasteiger partial charge in [0.1, 0.15) is 15.6 Å². The van der Waals surface area contributed by atoms with Gasteiger partial charge in [-0.05, 0) is 37.6 Å². The van der Waals surface area contributed by atoms with Crippen LogP contribution < -0.4 is 4.74 Å². The molecule has 1 aromatic carbocycles. The summed E-state index contributed by atoms with van der Waals surface area (Å²) in [5.41, 5.74) is 0.915. The maximum atomic E-state index is 12.7. The molecule has 1 saturated heterocycles. The Balaban J connectivity index is 1.77. The van der Waals surface area contributed by atoms with Gasteiger partial charge in [0.15, 0.2) is 0 Å². The number of methoxy groups -OCH3 is 1. The summed E-state index contributed by atoms with van der Waals surface area (Å²) in [5.74, 6) is -0.732. The molecule has 7 heteroatoms. The number of amides is 1. The number of nitrogens with zero attached hydrogens (tertiary/aromatic N) is 2. The van der Waals surface area contributed by atoms with Crippen LogP contribution in [0.25, 0.3) is 10.6 Å². The molecule has 2 unspecified atom stereocenters. The minimum Gasteiger partial charge on any atom is -0.497 e. The lowest BCUT2D eigenvalue weighted by Crippen LogP contribution is -2.37. The number of carboxylic acids is 1. The first-order valence-electron chi connectivity index (χ1n) is 7.65. The van der Waals surface area contributed by atoms with Gasteiger partial charge in [0.2, 0.25) is 0 Å². The molecule has 1 aromatic heterocycles. The molecule has 1 aliphatic rings. The molecule has 1 fully saturated rings. The second-order valence-corrected chi connectivity index (χ2v) is 6.76. The molecule has 1 N–H and O–H groups in total. The number of benzene rings is 1. The van der Waals surface area contributed by atoms with Crippen LogP contribution in [0.15, 0.2) is 30.5 Å². The van der Waals surface area contributed by atoms with Crippen LogP contribution in [0.1, 0.15) is 23.0 Å². The van der Waals surface area contributed by atoms with Crippen LogP contribution >= 0.6 is 11.3 Å². The van der Waals surface area contributed by atoms with E-state index < -0.39 is 11.9 Å². The van der Waals surface area contributed by atoms with Gasteiger partial charge in [0.25, 0.3) is 5.91 Å². The van der Waals surface area contributed by atoms with Crippen LogP contribution in [0.3, 0.4) is 0 Å². The van der Waals surface area contributed by atoms with Gasteiger partial charge in [-0.25, -0.2) is 4.98 Å². The number of thiazole rings is 1. The molecule has 0 spiro atoms. The van der Waals surface area contributed by atoms with Gasteiger partial charge in [-0.1, -0.05) is 0 Å². The number of hydrogen-bond donors (Lipinski definition) is 1. The molecule has 126 valence electrons. The van der Waals surface area contributed by atoms with Crippen molar-refractivity contribution in [1.82, 2.24) is 9.88 Å². The first kappa shape index (κ1) is 16.4. The Bertz CT molecular complexity index is 756. The topological polar surface area (TPSA) is 79.7 Å². The predicted octanol–water partition coefficient (Wildman–Crippen LogP) is 2.75. The average molecular weight is 346 g/mol. The Morgan fingerprint density at radius 2 is 2.04 bits per heavy atom. The van der Waals surface area contributed by atoms with Gasteiger partial charge in [-0.15, -0.1) is 11.3 Å².